The van der Waals surface area contributed by atoms with Gasteiger partial charge in [0.25, 0.3) is 0 Å². The maximum atomic E-state index is 13.5. The maximum absolute atomic E-state index is 13.5. The van der Waals surface area contributed by atoms with E-state index in [1.807, 2.05) is 0 Å². The van der Waals surface area contributed by atoms with Crippen molar-refractivity contribution in [2.45, 2.75) is 93.3 Å². The van der Waals surface area contributed by atoms with Crippen molar-refractivity contribution in [1.29, 1.82) is 0 Å². The SMILES string of the molecule is O=C(CCNC(=O)C1=C[C@H]2OC(C3CC3)(C3CC3)O[C@H]2[C@H](OC(=O)c2cccc(C=CCO[C@H]3O[C@H](CO)[C@H](O)[C@H](O)[C@H]3O)c2)C1)NCCO. The fourth-order valence-corrected chi connectivity index (χ4v) is 6.77. The monoisotopic (exact) mass is 702 g/mol. The summed E-state index contributed by atoms with van der Waals surface area (Å²) < 4.78 is 30.1. The zero-order valence-corrected chi connectivity index (χ0v) is 27.6. The van der Waals surface area contributed by atoms with Crippen LogP contribution >= 0.6 is 0 Å². The fraction of sp³-hybridized carbons (Fsp3) is 0.629. The van der Waals surface area contributed by atoms with E-state index in [0.29, 0.717) is 11.1 Å². The summed E-state index contributed by atoms with van der Waals surface area (Å²) in [5, 5.41) is 53.6. The van der Waals surface area contributed by atoms with Gasteiger partial charge in [0.05, 0.1) is 25.4 Å². The molecule has 0 bridgehead atoms. The van der Waals surface area contributed by atoms with Gasteiger partial charge in [0, 0.05) is 43.3 Å². The molecule has 7 N–H and O–H groups in total. The molecule has 2 saturated carbocycles. The quantitative estimate of drug-likeness (QED) is 0.112. The van der Waals surface area contributed by atoms with Crippen LogP contribution in [0.1, 0.15) is 54.4 Å². The Balaban J connectivity index is 1.09. The van der Waals surface area contributed by atoms with Gasteiger partial charge in [0.1, 0.15) is 42.7 Å². The van der Waals surface area contributed by atoms with Gasteiger partial charge in [0.2, 0.25) is 11.8 Å². The molecular formula is C35H46N2O13. The first-order valence-electron chi connectivity index (χ1n) is 17.2. The standard InChI is InChI=1S/C35H46N2O13/c38-13-12-36-27(40)10-11-37-32(44)21-16-24(31-25(17-21)49-35(50-31,22-6-7-22)23-8-9-23)47-33(45)20-5-1-3-19(15-20)4-2-14-46-34-30(43)29(42)28(41)26(18-39)48-34/h1-5,15,17,22-26,28-31,34,38-39,41-43H,6-14,16,18H2,(H,36,40)(H,37,44)/t24-,25-,26-,28+,29+,30-,31+,34+/m1/s1. The number of amides is 2. The Hall–Kier alpha value is -3.25. The van der Waals surface area contributed by atoms with Gasteiger partial charge < -0.3 is 59.9 Å². The minimum absolute atomic E-state index is 0.0419. The summed E-state index contributed by atoms with van der Waals surface area (Å²) in [5.74, 6) is -1.54. The zero-order valence-electron chi connectivity index (χ0n) is 27.6. The average molecular weight is 703 g/mol. The molecule has 0 unspecified atom stereocenters. The highest BCUT2D eigenvalue weighted by atomic mass is 16.8. The van der Waals surface area contributed by atoms with Crippen LogP contribution in [0.4, 0.5) is 0 Å². The van der Waals surface area contributed by atoms with E-state index in [-0.39, 0.29) is 62.5 Å². The number of esters is 1. The Morgan fingerprint density at radius 3 is 2.42 bits per heavy atom. The number of rotatable bonds is 15. The molecule has 8 atom stereocenters. The molecule has 15 heteroatoms. The van der Waals surface area contributed by atoms with Crippen LogP contribution in [0, 0.1) is 11.8 Å². The summed E-state index contributed by atoms with van der Waals surface area (Å²) in [6.45, 7) is -0.568. The van der Waals surface area contributed by atoms with Gasteiger partial charge in [-0.3, -0.25) is 9.59 Å². The molecule has 6 rings (SSSR count). The Kier molecular flexibility index (Phi) is 11.7. The van der Waals surface area contributed by atoms with Crippen molar-refractivity contribution in [2.75, 3.05) is 32.9 Å². The highest BCUT2D eigenvalue weighted by Crippen LogP contribution is 2.59. The van der Waals surface area contributed by atoms with E-state index in [1.165, 1.54) is 0 Å². The molecule has 3 aliphatic carbocycles. The predicted molar refractivity (Wildman–Crippen MR) is 173 cm³/mol. The number of carbonyl (C=O) groups excluding carboxylic acids is 3. The van der Waals surface area contributed by atoms with Gasteiger partial charge in [-0.05, 0) is 49.5 Å². The van der Waals surface area contributed by atoms with E-state index >= 15 is 0 Å². The topological polar surface area (TPSA) is 223 Å². The smallest absolute Gasteiger partial charge is 0.338 e. The highest BCUT2D eigenvalue weighted by molar-refractivity contribution is 5.94. The summed E-state index contributed by atoms with van der Waals surface area (Å²) in [6, 6.07) is 6.69. The Morgan fingerprint density at radius 2 is 1.72 bits per heavy atom. The van der Waals surface area contributed by atoms with Crippen LogP contribution in [0.15, 0.2) is 42.0 Å². The summed E-state index contributed by atoms with van der Waals surface area (Å²) in [7, 11) is 0. The lowest BCUT2D eigenvalue weighted by atomic mass is 9.91. The van der Waals surface area contributed by atoms with Gasteiger partial charge in [-0.1, -0.05) is 24.3 Å². The third kappa shape index (κ3) is 8.27. The van der Waals surface area contributed by atoms with Crippen LogP contribution in [0.5, 0.6) is 0 Å². The molecule has 1 aromatic rings. The molecule has 5 aliphatic rings. The molecule has 0 radical (unpaired) electrons. The number of aliphatic hydroxyl groups excluding tert-OH is 5. The minimum Gasteiger partial charge on any atom is -0.456 e. The van der Waals surface area contributed by atoms with Crippen LogP contribution in [-0.2, 0) is 33.3 Å². The molecule has 0 aromatic heterocycles. The van der Waals surface area contributed by atoms with Crippen molar-refractivity contribution in [3.05, 3.63) is 53.1 Å². The van der Waals surface area contributed by atoms with Crippen molar-refractivity contribution in [3.8, 4) is 0 Å². The summed E-state index contributed by atoms with van der Waals surface area (Å²) >= 11 is 0. The lowest BCUT2D eigenvalue weighted by molar-refractivity contribution is -0.298. The Labute approximate surface area is 289 Å². The molecular weight excluding hydrogens is 656 g/mol. The molecule has 2 amide bonds. The van der Waals surface area contributed by atoms with E-state index in [1.54, 1.807) is 42.5 Å². The second kappa shape index (κ2) is 16.0. The van der Waals surface area contributed by atoms with Gasteiger partial charge in [-0.15, -0.1) is 0 Å². The second-order valence-electron chi connectivity index (χ2n) is 13.4. The molecule has 2 saturated heterocycles. The fourth-order valence-electron chi connectivity index (χ4n) is 6.77. The first-order valence-corrected chi connectivity index (χ1v) is 17.2. The molecule has 15 nitrogen and oxygen atoms in total. The lowest BCUT2D eigenvalue weighted by Crippen LogP contribution is -2.59. The van der Waals surface area contributed by atoms with Crippen LogP contribution in [-0.4, -0.2) is 131 Å². The van der Waals surface area contributed by atoms with E-state index in [0.717, 1.165) is 25.7 Å². The maximum Gasteiger partial charge on any atom is 0.338 e. The van der Waals surface area contributed by atoms with Crippen LogP contribution in [0.25, 0.3) is 6.08 Å². The summed E-state index contributed by atoms with van der Waals surface area (Å²) in [5.41, 5.74) is 1.28. The highest BCUT2D eigenvalue weighted by Gasteiger charge is 2.64. The van der Waals surface area contributed by atoms with E-state index in [4.69, 9.17) is 28.8 Å². The van der Waals surface area contributed by atoms with Crippen molar-refractivity contribution in [3.63, 3.8) is 0 Å². The largest absolute Gasteiger partial charge is 0.456 e. The number of ether oxygens (including phenoxy) is 5. The first-order chi connectivity index (χ1) is 24.1. The molecule has 0 spiro atoms. The number of aliphatic hydroxyl groups is 5. The predicted octanol–water partition coefficient (Wildman–Crippen LogP) is -0.713. The lowest BCUT2D eigenvalue weighted by Gasteiger charge is -2.39. The summed E-state index contributed by atoms with van der Waals surface area (Å²) in [4.78, 5) is 38.7. The Bertz CT molecular complexity index is 1430. The molecule has 2 aliphatic heterocycles. The normalized spacial score (nSPS) is 31.9. The average Bonchev–Trinajstić information content (AvgIpc) is 4.06. The number of hydrogen-bond donors (Lipinski definition) is 7. The minimum atomic E-state index is -1.55. The van der Waals surface area contributed by atoms with Gasteiger partial charge in [-0.25, -0.2) is 4.79 Å². The van der Waals surface area contributed by atoms with Crippen LogP contribution in [0.2, 0.25) is 0 Å². The van der Waals surface area contributed by atoms with Crippen molar-refractivity contribution in [2.24, 2.45) is 11.8 Å². The van der Waals surface area contributed by atoms with E-state index in [9.17, 15) is 34.8 Å². The van der Waals surface area contributed by atoms with Crippen LogP contribution < -0.4 is 10.6 Å². The second-order valence-corrected chi connectivity index (χ2v) is 13.4. The van der Waals surface area contributed by atoms with Gasteiger partial charge >= 0.3 is 5.97 Å². The molecule has 50 heavy (non-hydrogen) atoms. The summed E-state index contributed by atoms with van der Waals surface area (Å²) in [6.07, 6.45) is 0.251. The van der Waals surface area contributed by atoms with Crippen molar-refractivity contribution < 1.29 is 63.6 Å². The Morgan fingerprint density at radius 1 is 0.960 bits per heavy atom. The molecule has 4 fully saturated rings. The van der Waals surface area contributed by atoms with Crippen LogP contribution in [0.3, 0.4) is 0 Å². The third-order valence-electron chi connectivity index (χ3n) is 9.67. The number of benzene rings is 1. The van der Waals surface area contributed by atoms with Crippen molar-refractivity contribution in [1.82, 2.24) is 10.6 Å². The molecule has 1 aromatic carbocycles. The van der Waals surface area contributed by atoms with Crippen molar-refractivity contribution >= 4 is 23.9 Å². The van der Waals surface area contributed by atoms with Gasteiger partial charge in [0.15, 0.2) is 12.1 Å². The number of hydrogen-bond acceptors (Lipinski definition) is 13. The third-order valence-corrected chi connectivity index (χ3v) is 9.67. The zero-order chi connectivity index (χ0) is 35.4. The molecule has 2 heterocycles. The van der Waals surface area contributed by atoms with E-state index in [2.05, 4.69) is 10.6 Å². The molecule has 274 valence electrons. The number of fused-ring (bicyclic) bond motifs is 1. The van der Waals surface area contributed by atoms with E-state index < -0.39 is 73.3 Å². The number of nitrogens with one attached hydrogen (secondary N) is 2. The van der Waals surface area contributed by atoms with Gasteiger partial charge in [-0.2, -0.15) is 0 Å². The number of carbonyl (C=O) groups is 3. The first kappa shape index (κ1) is 36.5.